The van der Waals surface area contributed by atoms with Gasteiger partial charge in [-0.2, -0.15) is 8.78 Å². The standard InChI is InChI=1S/C26H34BrF3N4OSi/c1-15(32-23-18-13-21(27)31-14-20(18)33-16(2)34-23)17-11-10-12-19(22(17)28)26(29,30)25(6,7)35-36(8,9)24(3,4)5/h10-15H,1-9H3,(H,32,33,34). The van der Waals surface area contributed by atoms with Gasteiger partial charge in [0.2, 0.25) is 0 Å². The van der Waals surface area contributed by atoms with Gasteiger partial charge in [0, 0.05) is 10.9 Å². The summed E-state index contributed by atoms with van der Waals surface area (Å²) in [5.41, 5.74) is -1.88. The van der Waals surface area contributed by atoms with E-state index in [0.717, 1.165) is 6.07 Å². The summed E-state index contributed by atoms with van der Waals surface area (Å²) in [6, 6.07) is 5.18. The van der Waals surface area contributed by atoms with Crippen molar-refractivity contribution in [1.29, 1.82) is 0 Å². The maximum atomic E-state index is 15.9. The van der Waals surface area contributed by atoms with E-state index in [0.29, 0.717) is 27.1 Å². The maximum Gasteiger partial charge on any atom is 0.302 e. The first-order valence-electron chi connectivity index (χ1n) is 11.8. The van der Waals surface area contributed by atoms with Gasteiger partial charge in [0.15, 0.2) is 8.32 Å². The number of fused-ring (bicyclic) bond motifs is 1. The van der Waals surface area contributed by atoms with E-state index in [4.69, 9.17) is 4.43 Å². The number of anilines is 1. The molecule has 0 bridgehead atoms. The van der Waals surface area contributed by atoms with Crippen molar-refractivity contribution in [3.63, 3.8) is 0 Å². The van der Waals surface area contributed by atoms with Crippen LogP contribution in [0.3, 0.4) is 0 Å². The van der Waals surface area contributed by atoms with Crippen molar-refractivity contribution in [3.8, 4) is 0 Å². The van der Waals surface area contributed by atoms with Crippen LogP contribution >= 0.6 is 15.9 Å². The Labute approximate surface area is 220 Å². The van der Waals surface area contributed by atoms with Crippen molar-refractivity contribution in [1.82, 2.24) is 15.0 Å². The average molecular weight is 584 g/mol. The van der Waals surface area contributed by atoms with Gasteiger partial charge in [0.1, 0.15) is 27.7 Å². The molecule has 0 saturated heterocycles. The molecule has 196 valence electrons. The molecule has 1 aromatic carbocycles. The van der Waals surface area contributed by atoms with Gasteiger partial charge in [0.25, 0.3) is 0 Å². The number of benzene rings is 1. The molecular weight excluding hydrogens is 549 g/mol. The predicted octanol–water partition coefficient (Wildman–Crippen LogP) is 8.30. The molecule has 1 unspecified atom stereocenters. The summed E-state index contributed by atoms with van der Waals surface area (Å²) in [6.45, 7) is 15.9. The monoisotopic (exact) mass is 582 g/mol. The van der Waals surface area contributed by atoms with E-state index in [1.807, 2.05) is 33.9 Å². The molecule has 1 atom stereocenters. The predicted molar refractivity (Wildman–Crippen MR) is 144 cm³/mol. The molecule has 0 aliphatic carbocycles. The van der Waals surface area contributed by atoms with Gasteiger partial charge in [-0.1, -0.05) is 32.9 Å². The van der Waals surface area contributed by atoms with Crippen LogP contribution in [0.15, 0.2) is 35.1 Å². The van der Waals surface area contributed by atoms with Crippen LogP contribution in [0.5, 0.6) is 0 Å². The Bertz CT molecular complexity index is 1280. The lowest BCUT2D eigenvalue weighted by Crippen LogP contribution is -2.54. The molecule has 2 aromatic heterocycles. The lowest BCUT2D eigenvalue weighted by atomic mass is 9.91. The van der Waals surface area contributed by atoms with Gasteiger partial charge in [-0.3, -0.25) is 0 Å². The fourth-order valence-electron chi connectivity index (χ4n) is 3.82. The number of pyridine rings is 1. The van der Waals surface area contributed by atoms with Crippen molar-refractivity contribution in [2.24, 2.45) is 0 Å². The molecular formula is C26H34BrF3N4OSi. The topological polar surface area (TPSA) is 59.9 Å². The number of nitrogens with zero attached hydrogens (tertiary/aromatic N) is 3. The van der Waals surface area contributed by atoms with Gasteiger partial charge in [-0.05, 0) is 73.9 Å². The minimum absolute atomic E-state index is 0.104. The average Bonchev–Trinajstić information content (AvgIpc) is 2.72. The highest BCUT2D eigenvalue weighted by atomic mass is 79.9. The molecule has 0 aliphatic rings. The number of nitrogens with one attached hydrogen (secondary N) is 1. The van der Waals surface area contributed by atoms with Gasteiger partial charge in [0.05, 0.1) is 23.3 Å². The fourth-order valence-corrected chi connectivity index (χ4v) is 5.86. The second kappa shape index (κ2) is 9.68. The smallest absolute Gasteiger partial charge is 0.302 e. The van der Waals surface area contributed by atoms with Crippen LogP contribution in [-0.4, -0.2) is 28.9 Å². The number of rotatable bonds is 7. The second-order valence-electron chi connectivity index (χ2n) is 11.2. The number of alkyl halides is 2. The van der Waals surface area contributed by atoms with Gasteiger partial charge < -0.3 is 9.74 Å². The van der Waals surface area contributed by atoms with Crippen LogP contribution in [0, 0.1) is 12.7 Å². The van der Waals surface area contributed by atoms with E-state index in [1.165, 1.54) is 26.0 Å². The SMILES string of the molecule is Cc1nc(NC(C)c2cccc(C(F)(F)C(C)(C)O[Si](C)(C)C(C)(C)C)c2F)c2cc(Br)ncc2n1. The largest absolute Gasteiger partial charge is 0.405 e. The zero-order chi connectivity index (χ0) is 27.3. The summed E-state index contributed by atoms with van der Waals surface area (Å²) in [7, 11) is -2.56. The van der Waals surface area contributed by atoms with Crippen LogP contribution in [0.2, 0.25) is 18.1 Å². The Balaban J connectivity index is 1.99. The van der Waals surface area contributed by atoms with E-state index in [1.54, 1.807) is 26.1 Å². The van der Waals surface area contributed by atoms with Crippen molar-refractivity contribution >= 4 is 41.0 Å². The molecule has 36 heavy (non-hydrogen) atoms. The third-order valence-corrected chi connectivity index (χ3v) is 12.0. The van der Waals surface area contributed by atoms with E-state index in [2.05, 4.69) is 36.2 Å². The third-order valence-electron chi connectivity index (χ3n) is 6.92. The van der Waals surface area contributed by atoms with Gasteiger partial charge in [-0.15, -0.1) is 0 Å². The first-order valence-corrected chi connectivity index (χ1v) is 15.5. The van der Waals surface area contributed by atoms with Crippen molar-refractivity contribution in [2.75, 3.05) is 5.32 Å². The number of aryl methyl sites for hydroxylation is 1. The molecule has 0 radical (unpaired) electrons. The van der Waals surface area contributed by atoms with E-state index in [9.17, 15) is 0 Å². The first kappa shape index (κ1) is 28.5. The number of halogens is 4. The number of aromatic nitrogens is 3. The molecule has 2 heterocycles. The van der Waals surface area contributed by atoms with Crippen LogP contribution in [0.4, 0.5) is 19.0 Å². The third kappa shape index (κ3) is 5.45. The Morgan fingerprint density at radius 2 is 1.72 bits per heavy atom. The lowest BCUT2D eigenvalue weighted by Gasteiger charge is -2.45. The lowest BCUT2D eigenvalue weighted by molar-refractivity contribution is -0.162. The van der Waals surface area contributed by atoms with E-state index < -0.39 is 37.3 Å². The Morgan fingerprint density at radius 1 is 1.08 bits per heavy atom. The summed E-state index contributed by atoms with van der Waals surface area (Å²) in [5, 5.41) is 3.58. The van der Waals surface area contributed by atoms with Crippen molar-refractivity contribution < 1.29 is 17.6 Å². The fraction of sp³-hybridized carbons (Fsp3) is 0.500. The zero-order valence-electron chi connectivity index (χ0n) is 22.2. The van der Waals surface area contributed by atoms with E-state index >= 15 is 13.2 Å². The minimum Gasteiger partial charge on any atom is -0.405 e. The van der Waals surface area contributed by atoms with Crippen molar-refractivity contribution in [3.05, 3.63) is 57.8 Å². The Morgan fingerprint density at radius 3 is 2.33 bits per heavy atom. The summed E-state index contributed by atoms with van der Waals surface area (Å²) in [6.07, 6.45) is 1.61. The zero-order valence-corrected chi connectivity index (χ0v) is 24.8. The summed E-state index contributed by atoms with van der Waals surface area (Å²) in [4.78, 5) is 13.0. The molecule has 0 fully saturated rings. The van der Waals surface area contributed by atoms with Crippen LogP contribution in [0.1, 0.15) is 64.5 Å². The summed E-state index contributed by atoms with van der Waals surface area (Å²) < 4.78 is 54.3. The van der Waals surface area contributed by atoms with Gasteiger partial charge >= 0.3 is 5.92 Å². The Kier molecular flexibility index (Phi) is 7.67. The molecule has 0 amide bonds. The van der Waals surface area contributed by atoms with E-state index in [-0.39, 0.29) is 10.6 Å². The van der Waals surface area contributed by atoms with Crippen molar-refractivity contribution in [2.45, 2.75) is 84.2 Å². The quantitative estimate of drug-likeness (QED) is 0.224. The van der Waals surface area contributed by atoms with Crippen LogP contribution in [-0.2, 0) is 10.3 Å². The molecule has 5 nitrogen and oxygen atoms in total. The van der Waals surface area contributed by atoms with Crippen LogP contribution < -0.4 is 5.32 Å². The number of hydrogen-bond acceptors (Lipinski definition) is 5. The highest BCUT2D eigenvalue weighted by Gasteiger charge is 2.55. The molecule has 1 N–H and O–H groups in total. The molecule has 3 aromatic rings. The Hall–Kier alpha value is -2.04. The molecule has 0 saturated carbocycles. The normalized spacial score (nSPS) is 14.2. The van der Waals surface area contributed by atoms with Gasteiger partial charge in [-0.25, -0.2) is 19.3 Å². The number of hydrogen-bond donors (Lipinski definition) is 1. The van der Waals surface area contributed by atoms with Crippen LogP contribution in [0.25, 0.3) is 10.9 Å². The molecule has 10 heteroatoms. The maximum absolute atomic E-state index is 15.9. The second-order valence-corrected chi connectivity index (χ2v) is 16.7. The molecule has 3 rings (SSSR count). The summed E-state index contributed by atoms with van der Waals surface area (Å²) in [5.74, 6) is -3.57. The first-order chi connectivity index (χ1) is 16.4. The minimum atomic E-state index is -3.57. The molecule has 0 aliphatic heterocycles. The highest BCUT2D eigenvalue weighted by molar-refractivity contribution is 9.10. The highest BCUT2D eigenvalue weighted by Crippen LogP contribution is 2.48. The summed E-state index contributed by atoms with van der Waals surface area (Å²) >= 11 is 3.34. The molecule has 0 spiro atoms.